The van der Waals surface area contributed by atoms with Crippen molar-refractivity contribution in [2.45, 2.75) is 95.2 Å². The third-order valence-electron chi connectivity index (χ3n) is 9.84. The molecule has 37 heavy (non-hydrogen) atoms. The first-order chi connectivity index (χ1) is 18.1. The Morgan fingerprint density at radius 3 is 2.51 bits per heavy atom. The standard InChI is InChI=1S/C31H48N4O2/c1-33(26-14-6-3-7-15-26)22-19-32-29(36)18-8-17-28-27-16-10-21-34-20-9-13-25(30(27)34)23-35(28)31(37)24-11-4-2-5-12-24/h2,4-5,11-12,25-28,30H,3,6-10,13-23H2,1H3,(H,32,36)/t25-,27+,28+,30-/m0/s1. The normalized spacial score (nSPS) is 28.6. The maximum absolute atomic E-state index is 13.7. The number of likely N-dealkylation sites (tertiary alicyclic amines) is 1. The van der Waals surface area contributed by atoms with Gasteiger partial charge >= 0.3 is 0 Å². The van der Waals surface area contributed by atoms with Crippen molar-refractivity contribution in [1.29, 1.82) is 0 Å². The van der Waals surface area contributed by atoms with Crippen LogP contribution in [0.1, 0.15) is 87.4 Å². The number of rotatable bonds is 9. The van der Waals surface area contributed by atoms with Crippen LogP contribution in [0.25, 0.3) is 0 Å². The average molecular weight is 509 g/mol. The van der Waals surface area contributed by atoms with Crippen LogP contribution in [0, 0.1) is 11.8 Å². The van der Waals surface area contributed by atoms with Gasteiger partial charge in [0.25, 0.3) is 5.91 Å². The summed E-state index contributed by atoms with van der Waals surface area (Å²) < 4.78 is 0. The topological polar surface area (TPSA) is 55.9 Å². The first kappa shape index (κ1) is 26.7. The second kappa shape index (κ2) is 12.8. The SMILES string of the molecule is CN(CCNC(=O)CCC[C@@H]1[C@H]2CCCN3CCC[C@@H](CN1C(=O)c1ccccc1)[C@@H]23)C1CCCCC1. The number of nitrogens with zero attached hydrogens (tertiary/aromatic N) is 3. The third kappa shape index (κ3) is 6.39. The number of carbonyl (C=O) groups is 2. The molecule has 1 N–H and O–H groups in total. The fourth-order valence-electron chi connectivity index (χ4n) is 7.98. The molecule has 0 aromatic heterocycles. The van der Waals surface area contributed by atoms with Crippen LogP contribution in [0.15, 0.2) is 30.3 Å². The Hall–Kier alpha value is -1.92. The van der Waals surface area contributed by atoms with E-state index in [0.717, 1.165) is 38.0 Å². The van der Waals surface area contributed by atoms with Crippen LogP contribution in [0.3, 0.4) is 0 Å². The van der Waals surface area contributed by atoms with E-state index in [1.165, 1.54) is 70.9 Å². The second-order valence-corrected chi connectivity index (χ2v) is 12.1. The molecule has 6 heteroatoms. The molecule has 3 saturated heterocycles. The predicted octanol–water partition coefficient (Wildman–Crippen LogP) is 4.55. The van der Waals surface area contributed by atoms with Crippen LogP contribution in [0.5, 0.6) is 0 Å². The first-order valence-corrected chi connectivity index (χ1v) is 15.2. The molecule has 0 bridgehead atoms. The molecule has 1 aromatic carbocycles. The smallest absolute Gasteiger partial charge is 0.254 e. The van der Waals surface area contributed by atoms with E-state index < -0.39 is 0 Å². The number of benzene rings is 1. The van der Waals surface area contributed by atoms with Gasteiger partial charge in [-0.2, -0.15) is 0 Å². The molecule has 204 valence electrons. The van der Waals surface area contributed by atoms with E-state index in [9.17, 15) is 9.59 Å². The summed E-state index contributed by atoms with van der Waals surface area (Å²) in [5.74, 6) is 1.47. The first-order valence-electron chi connectivity index (χ1n) is 15.2. The van der Waals surface area contributed by atoms with E-state index in [-0.39, 0.29) is 17.9 Å². The minimum Gasteiger partial charge on any atom is -0.355 e. The van der Waals surface area contributed by atoms with Gasteiger partial charge in [-0.25, -0.2) is 0 Å². The lowest BCUT2D eigenvalue weighted by molar-refractivity contribution is -0.121. The Balaban J connectivity index is 1.17. The van der Waals surface area contributed by atoms with E-state index in [1.807, 2.05) is 30.3 Å². The van der Waals surface area contributed by atoms with Crippen molar-refractivity contribution in [3.63, 3.8) is 0 Å². The molecule has 4 fully saturated rings. The number of hydrogen-bond donors (Lipinski definition) is 1. The quantitative estimate of drug-likeness (QED) is 0.532. The van der Waals surface area contributed by atoms with Crippen LogP contribution >= 0.6 is 0 Å². The highest BCUT2D eigenvalue weighted by molar-refractivity contribution is 5.94. The molecule has 0 spiro atoms. The van der Waals surface area contributed by atoms with Gasteiger partial charge in [0.15, 0.2) is 0 Å². The highest BCUT2D eigenvalue weighted by Gasteiger charge is 2.49. The minimum absolute atomic E-state index is 0.162. The van der Waals surface area contributed by atoms with E-state index in [2.05, 4.69) is 27.1 Å². The van der Waals surface area contributed by atoms with Crippen LogP contribution in [-0.4, -0.2) is 84.4 Å². The molecular formula is C31H48N4O2. The number of carbonyl (C=O) groups excluding carboxylic acids is 2. The summed E-state index contributed by atoms with van der Waals surface area (Å²) in [7, 11) is 2.20. The van der Waals surface area contributed by atoms with Gasteiger partial charge in [-0.05, 0) is 95.5 Å². The van der Waals surface area contributed by atoms with Crippen LogP contribution in [0.2, 0.25) is 0 Å². The second-order valence-electron chi connectivity index (χ2n) is 12.1. The van der Waals surface area contributed by atoms with Gasteiger partial charge in [0.1, 0.15) is 0 Å². The van der Waals surface area contributed by atoms with Crippen molar-refractivity contribution in [2.75, 3.05) is 39.8 Å². The monoisotopic (exact) mass is 508 g/mol. The molecule has 2 amide bonds. The largest absolute Gasteiger partial charge is 0.355 e. The Bertz CT molecular complexity index is 884. The Kier molecular flexibility index (Phi) is 9.19. The average Bonchev–Trinajstić information content (AvgIpc) is 2.94. The van der Waals surface area contributed by atoms with Crippen molar-refractivity contribution in [3.05, 3.63) is 35.9 Å². The fraction of sp³-hybridized carbons (Fsp3) is 0.742. The molecule has 0 radical (unpaired) electrons. The van der Waals surface area contributed by atoms with Gasteiger partial charge in [-0.3, -0.25) is 14.5 Å². The van der Waals surface area contributed by atoms with Crippen molar-refractivity contribution in [2.24, 2.45) is 11.8 Å². The molecule has 4 aliphatic rings. The van der Waals surface area contributed by atoms with E-state index in [1.54, 1.807) is 0 Å². The lowest BCUT2D eigenvalue weighted by atomic mass is 9.69. The summed E-state index contributed by atoms with van der Waals surface area (Å²) in [6, 6.07) is 11.4. The lowest BCUT2D eigenvalue weighted by Gasteiger charge is -2.57. The highest BCUT2D eigenvalue weighted by atomic mass is 16.2. The summed E-state index contributed by atoms with van der Waals surface area (Å²) in [6.07, 6.45) is 13.9. The van der Waals surface area contributed by atoms with Gasteiger partial charge in [-0.15, -0.1) is 0 Å². The molecule has 4 atom stereocenters. The van der Waals surface area contributed by atoms with Crippen molar-refractivity contribution in [3.8, 4) is 0 Å². The lowest BCUT2D eigenvalue weighted by Crippen LogP contribution is -2.65. The maximum atomic E-state index is 13.7. The third-order valence-corrected chi connectivity index (χ3v) is 9.84. The summed E-state index contributed by atoms with van der Waals surface area (Å²) >= 11 is 0. The van der Waals surface area contributed by atoms with Gasteiger partial charge in [0.05, 0.1) is 0 Å². The fourth-order valence-corrected chi connectivity index (χ4v) is 7.98. The number of likely N-dealkylation sites (N-methyl/N-ethyl adjacent to an activating group) is 1. The van der Waals surface area contributed by atoms with Crippen LogP contribution < -0.4 is 5.32 Å². The summed E-state index contributed by atoms with van der Waals surface area (Å²) in [6.45, 7) is 4.97. The molecule has 6 nitrogen and oxygen atoms in total. The summed E-state index contributed by atoms with van der Waals surface area (Å²) in [5, 5.41) is 3.17. The molecule has 3 heterocycles. The molecule has 1 aromatic rings. The Morgan fingerprint density at radius 2 is 1.73 bits per heavy atom. The van der Waals surface area contributed by atoms with Gasteiger partial charge in [-0.1, -0.05) is 37.5 Å². The number of hydrogen-bond acceptors (Lipinski definition) is 4. The highest BCUT2D eigenvalue weighted by Crippen LogP contribution is 2.43. The maximum Gasteiger partial charge on any atom is 0.254 e. The molecule has 5 rings (SSSR count). The summed E-state index contributed by atoms with van der Waals surface area (Å²) in [4.78, 5) is 33.8. The van der Waals surface area contributed by atoms with Gasteiger partial charge in [0.2, 0.25) is 5.91 Å². The van der Waals surface area contributed by atoms with Crippen LogP contribution in [0.4, 0.5) is 0 Å². The van der Waals surface area contributed by atoms with Crippen LogP contribution in [-0.2, 0) is 4.79 Å². The van der Waals surface area contributed by atoms with Crippen molar-refractivity contribution >= 4 is 11.8 Å². The van der Waals surface area contributed by atoms with Gasteiger partial charge < -0.3 is 15.1 Å². The Morgan fingerprint density at radius 1 is 0.973 bits per heavy atom. The zero-order valence-electron chi connectivity index (χ0n) is 23.0. The van der Waals surface area contributed by atoms with E-state index >= 15 is 0 Å². The molecule has 3 aliphatic heterocycles. The number of amides is 2. The van der Waals surface area contributed by atoms with Gasteiger partial charge in [0, 0.05) is 49.7 Å². The molecular weight excluding hydrogens is 460 g/mol. The number of nitrogens with one attached hydrogen (secondary N) is 1. The minimum atomic E-state index is 0.162. The molecule has 0 unspecified atom stereocenters. The van der Waals surface area contributed by atoms with Crippen molar-refractivity contribution in [1.82, 2.24) is 20.0 Å². The Labute approximate surface area is 224 Å². The zero-order chi connectivity index (χ0) is 25.6. The predicted molar refractivity (Wildman–Crippen MR) is 148 cm³/mol. The van der Waals surface area contributed by atoms with E-state index in [4.69, 9.17) is 0 Å². The zero-order valence-corrected chi connectivity index (χ0v) is 23.0. The van der Waals surface area contributed by atoms with E-state index in [0.29, 0.717) is 30.3 Å². The molecule has 1 saturated carbocycles. The van der Waals surface area contributed by atoms with Crippen molar-refractivity contribution < 1.29 is 9.59 Å². The number of piperidine rings is 3. The summed E-state index contributed by atoms with van der Waals surface area (Å²) in [5.41, 5.74) is 0.800. The molecule has 1 aliphatic carbocycles.